The average Bonchev–Trinajstić information content (AvgIpc) is 2.40. The van der Waals surface area contributed by atoms with Gasteiger partial charge in [-0.15, -0.1) is 0 Å². The van der Waals surface area contributed by atoms with Crippen molar-refractivity contribution in [1.29, 1.82) is 10.5 Å². The summed E-state index contributed by atoms with van der Waals surface area (Å²) < 4.78 is 0.830. The standard InChI is InChI=1S/C13H10BrN5/c14-9-7-10-11(17)1-2-12(13(10)18-8-9)19(5-3-15)6-4-16/h1-2,7-8H,5-6,17H2. The number of nitrogens with two attached hydrogens (primary N) is 1. The number of hydrogen-bond acceptors (Lipinski definition) is 5. The SMILES string of the molecule is N#CCN(CC#N)c1ccc(N)c2cc(Br)cnc12. The van der Waals surface area contributed by atoms with Gasteiger partial charge >= 0.3 is 0 Å². The second-order valence-electron chi connectivity index (χ2n) is 3.90. The molecule has 19 heavy (non-hydrogen) atoms. The number of benzene rings is 1. The van der Waals surface area contributed by atoms with Gasteiger partial charge in [0, 0.05) is 21.7 Å². The molecule has 2 N–H and O–H groups in total. The lowest BCUT2D eigenvalue weighted by atomic mass is 10.1. The first-order valence-corrected chi connectivity index (χ1v) is 6.29. The van der Waals surface area contributed by atoms with Crippen molar-refractivity contribution in [2.45, 2.75) is 0 Å². The molecular weight excluding hydrogens is 306 g/mol. The third kappa shape index (κ3) is 2.59. The minimum absolute atomic E-state index is 0.129. The Balaban J connectivity index is 2.64. The smallest absolute Gasteiger partial charge is 0.107 e. The van der Waals surface area contributed by atoms with E-state index in [0.29, 0.717) is 11.2 Å². The Hall–Kier alpha value is -2.31. The molecule has 5 nitrogen and oxygen atoms in total. The highest BCUT2D eigenvalue weighted by Gasteiger charge is 2.12. The Morgan fingerprint density at radius 2 is 1.95 bits per heavy atom. The van der Waals surface area contributed by atoms with Gasteiger partial charge in [-0.3, -0.25) is 4.98 Å². The van der Waals surface area contributed by atoms with Gasteiger partial charge < -0.3 is 10.6 Å². The molecule has 0 radical (unpaired) electrons. The van der Waals surface area contributed by atoms with E-state index in [4.69, 9.17) is 16.3 Å². The van der Waals surface area contributed by atoms with Crippen molar-refractivity contribution in [2.75, 3.05) is 23.7 Å². The molecule has 0 unspecified atom stereocenters. The Morgan fingerprint density at radius 1 is 1.26 bits per heavy atom. The number of anilines is 2. The van der Waals surface area contributed by atoms with Crippen LogP contribution >= 0.6 is 15.9 Å². The molecular formula is C13H10BrN5. The number of pyridine rings is 1. The van der Waals surface area contributed by atoms with Crippen LogP contribution in [0.15, 0.2) is 28.9 Å². The summed E-state index contributed by atoms with van der Waals surface area (Å²) in [4.78, 5) is 6.01. The van der Waals surface area contributed by atoms with Crippen molar-refractivity contribution in [2.24, 2.45) is 0 Å². The maximum Gasteiger partial charge on any atom is 0.107 e. The molecule has 1 aromatic carbocycles. The van der Waals surface area contributed by atoms with E-state index in [1.54, 1.807) is 23.2 Å². The summed E-state index contributed by atoms with van der Waals surface area (Å²) in [7, 11) is 0. The van der Waals surface area contributed by atoms with Crippen LogP contribution < -0.4 is 10.6 Å². The first-order chi connectivity index (χ1) is 9.17. The number of aromatic nitrogens is 1. The molecule has 94 valence electrons. The summed E-state index contributed by atoms with van der Waals surface area (Å²) in [6.07, 6.45) is 1.67. The van der Waals surface area contributed by atoms with Crippen LogP contribution in [-0.4, -0.2) is 18.1 Å². The van der Waals surface area contributed by atoms with Crippen molar-refractivity contribution < 1.29 is 0 Å². The van der Waals surface area contributed by atoms with E-state index < -0.39 is 0 Å². The lowest BCUT2D eigenvalue weighted by Gasteiger charge is -2.20. The van der Waals surface area contributed by atoms with Gasteiger partial charge in [0.2, 0.25) is 0 Å². The molecule has 6 heteroatoms. The minimum Gasteiger partial charge on any atom is -0.398 e. The number of fused-ring (bicyclic) bond motifs is 1. The largest absolute Gasteiger partial charge is 0.398 e. The van der Waals surface area contributed by atoms with E-state index in [0.717, 1.165) is 15.5 Å². The van der Waals surface area contributed by atoms with E-state index in [-0.39, 0.29) is 13.1 Å². The first-order valence-electron chi connectivity index (χ1n) is 5.50. The second kappa shape index (κ2) is 5.55. The van der Waals surface area contributed by atoms with Gasteiger partial charge in [0.15, 0.2) is 0 Å². The van der Waals surface area contributed by atoms with E-state index in [9.17, 15) is 0 Å². The van der Waals surface area contributed by atoms with Gasteiger partial charge in [-0.05, 0) is 34.1 Å². The molecule has 0 amide bonds. The molecule has 2 aromatic rings. The van der Waals surface area contributed by atoms with Crippen LogP contribution in [-0.2, 0) is 0 Å². The van der Waals surface area contributed by atoms with Crippen molar-refractivity contribution in [3.05, 3.63) is 28.9 Å². The van der Waals surface area contributed by atoms with Gasteiger partial charge in [-0.2, -0.15) is 10.5 Å². The third-order valence-electron chi connectivity index (χ3n) is 2.69. The minimum atomic E-state index is 0.129. The van der Waals surface area contributed by atoms with Crippen LogP contribution in [0.25, 0.3) is 10.9 Å². The predicted molar refractivity (Wildman–Crippen MR) is 77.3 cm³/mol. The van der Waals surface area contributed by atoms with Crippen molar-refractivity contribution >= 4 is 38.2 Å². The average molecular weight is 316 g/mol. The predicted octanol–water partition coefficient (Wildman–Crippen LogP) is 2.43. The van der Waals surface area contributed by atoms with Crippen molar-refractivity contribution in [3.8, 4) is 12.1 Å². The molecule has 0 aliphatic carbocycles. The molecule has 0 spiro atoms. The zero-order valence-corrected chi connectivity index (χ0v) is 11.6. The molecule has 0 bridgehead atoms. The number of hydrogen-bond donors (Lipinski definition) is 1. The molecule has 0 saturated heterocycles. The summed E-state index contributed by atoms with van der Waals surface area (Å²) in [5.74, 6) is 0. The van der Waals surface area contributed by atoms with E-state index in [2.05, 4.69) is 20.9 Å². The lowest BCUT2D eigenvalue weighted by molar-refractivity contribution is 0.970. The molecule has 1 aromatic heterocycles. The monoisotopic (exact) mass is 315 g/mol. The molecule has 0 atom stereocenters. The molecule has 0 fully saturated rings. The van der Waals surface area contributed by atoms with Crippen LogP contribution in [0.2, 0.25) is 0 Å². The summed E-state index contributed by atoms with van der Waals surface area (Å²) >= 11 is 3.35. The number of nitriles is 2. The normalized spacial score (nSPS) is 9.84. The Kier molecular flexibility index (Phi) is 3.84. The number of halogens is 1. The first kappa shape index (κ1) is 13.1. The van der Waals surface area contributed by atoms with Crippen LogP contribution in [0.5, 0.6) is 0 Å². The van der Waals surface area contributed by atoms with Gasteiger partial charge in [-0.1, -0.05) is 0 Å². The maximum absolute atomic E-state index is 8.84. The fraction of sp³-hybridized carbons (Fsp3) is 0.154. The molecule has 2 rings (SSSR count). The number of nitrogen functional groups attached to an aromatic ring is 1. The zero-order chi connectivity index (χ0) is 13.8. The highest BCUT2D eigenvalue weighted by atomic mass is 79.9. The maximum atomic E-state index is 8.84. The lowest BCUT2D eigenvalue weighted by Crippen LogP contribution is -2.24. The Labute approximate surface area is 119 Å². The van der Waals surface area contributed by atoms with Crippen molar-refractivity contribution in [1.82, 2.24) is 4.98 Å². The molecule has 0 aliphatic rings. The molecule has 1 heterocycles. The second-order valence-corrected chi connectivity index (χ2v) is 4.81. The van der Waals surface area contributed by atoms with Gasteiger partial charge in [0.25, 0.3) is 0 Å². The zero-order valence-electron chi connectivity index (χ0n) is 9.97. The fourth-order valence-electron chi connectivity index (χ4n) is 1.85. The number of nitrogens with zero attached hydrogens (tertiary/aromatic N) is 4. The highest BCUT2D eigenvalue weighted by Crippen LogP contribution is 2.30. The topological polar surface area (TPSA) is 89.7 Å². The summed E-state index contributed by atoms with van der Waals surface area (Å²) in [5, 5.41) is 18.5. The summed E-state index contributed by atoms with van der Waals surface area (Å²) in [6.45, 7) is 0.259. The molecule has 0 aliphatic heterocycles. The van der Waals surface area contributed by atoms with Crippen LogP contribution in [0.1, 0.15) is 0 Å². The van der Waals surface area contributed by atoms with Crippen molar-refractivity contribution in [3.63, 3.8) is 0 Å². The van der Waals surface area contributed by atoms with Gasteiger partial charge in [-0.25, -0.2) is 0 Å². The van der Waals surface area contributed by atoms with E-state index in [1.165, 1.54) is 0 Å². The fourth-order valence-corrected chi connectivity index (χ4v) is 2.18. The van der Waals surface area contributed by atoms with Crippen LogP contribution in [0, 0.1) is 22.7 Å². The summed E-state index contributed by atoms with van der Waals surface area (Å²) in [6, 6.07) is 9.51. The third-order valence-corrected chi connectivity index (χ3v) is 3.13. The van der Waals surface area contributed by atoms with Gasteiger partial charge in [0.05, 0.1) is 23.3 Å². The molecule has 0 saturated carbocycles. The number of rotatable bonds is 3. The van der Waals surface area contributed by atoms with Crippen LogP contribution in [0.4, 0.5) is 11.4 Å². The summed E-state index contributed by atoms with van der Waals surface area (Å²) in [5.41, 5.74) is 7.97. The quantitative estimate of drug-likeness (QED) is 0.694. The van der Waals surface area contributed by atoms with Gasteiger partial charge in [0.1, 0.15) is 13.1 Å². The van der Waals surface area contributed by atoms with E-state index in [1.807, 2.05) is 18.2 Å². The Morgan fingerprint density at radius 3 is 2.58 bits per heavy atom. The highest BCUT2D eigenvalue weighted by molar-refractivity contribution is 9.10. The van der Waals surface area contributed by atoms with Crippen LogP contribution in [0.3, 0.4) is 0 Å². The van der Waals surface area contributed by atoms with E-state index >= 15 is 0 Å². The Bertz CT molecular complexity index is 682.